The summed E-state index contributed by atoms with van der Waals surface area (Å²) < 4.78 is 10.4. The molecule has 0 aromatic heterocycles. The Morgan fingerprint density at radius 1 is 1.21 bits per heavy atom. The maximum absolute atomic E-state index is 12.3. The number of rotatable bonds is 2. The lowest BCUT2D eigenvalue weighted by Crippen LogP contribution is -2.47. The van der Waals surface area contributed by atoms with Gasteiger partial charge in [-0.2, -0.15) is 0 Å². The van der Waals surface area contributed by atoms with Crippen LogP contribution in [0.5, 0.6) is 0 Å². The molecule has 0 N–H and O–H groups in total. The summed E-state index contributed by atoms with van der Waals surface area (Å²) in [6.07, 6.45) is 0.270. The summed E-state index contributed by atoms with van der Waals surface area (Å²) in [5.41, 5.74) is 0.462. The minimum absolute atomic E-state index is 0.00611. The van der Waals surface area contributed by atoms with Crippen molar-refractivity contribution in [3.8, 4) is 0 Å². The Balaban J connectivity index is 2.17. The highest BCUT2D eigenvalue weighted by Gasteiger charge is 2.38. The highest BCUT2D eigenvalue weighted by molar-refractivity contribution is 6.30. The van der Waals surface area contributed by atoms with E-state index < -0.39 is 17.6 Å². The normalized spacial score (nSPS) is 21.3. The molecular weight excluding hydrogens is 330 g/mol. The molecule has 1 aromatic rings. The minimum Gasteiger partial charge on any atom is -0.469 e. The molecule has 0 unspecified atom stereocenters. The average molecular weight is 354 g/mol. The van der Waals surface area contributed by atoms with Crippen LogP contribution in [-0.2, 0) is 14.3 Å². The van der Waals surface area contributed by atoms with Gasteiger partial charge in [0, 0.05) is 24.0 Å². The number of nitrogens with zero attached hydrogens (tertiary/aromatic N) is 1. The van der Waals surface area contributed by atoms with Crippen LogP contribution < -0.4 is 0 Å². The largest absolute Gasteiger partial charge is 0.469 e. The number of piperidine rings is 1. The third kappa shape index (κ3) is 4.63. The van der Waals surface area contributed by atoms with Crippen molar-refractivity contribution >= 4 is 23.7 Å². The third-order valence-corrected chi connectivity index (χ3v) is 4.32. The molecule has 1 heterocycles. The molecule has 0 aliphatic carbocycles. The monoisotopic (exact) mass is 353 g/mol. The van der Waals surface area contributed by atoms with Crippen molar-refractivity contribution in [2.75, 3.05) is 20.2 Å². The molecule has 2 rings (SSSR count). The number of esters is 1. The van der Waals surface area contributed by atoms with Gasteiger partial charge in [-0.05, 0) is 44.9 Å². The SMILES string of the molecule is COC(=O)[C@H]1CN(C(=O)OC(C)(C)C)CC[C@@H]1c1ccc(Cl)cc1. The number of carbonyl (C=O) groups is 2. The number of amides is 1. The van der Waals surface area contributed by atoms with Gasteiger partial charge in [0.05, 0.1) is 13.0 Å². The zero-order chi connectivity index (χ0) is 17.9. The van der Waals surface area contributed by atoms with E-state index >= 15 is 0 Å². The second kappa shape index (κ2) is 7.43. The summed E-state index contributed by atoms with van der Waals surface area (Å²) in [6, 6.07) is 7.47. The summed E-state index contributed by atoms with van der Waals surface area (Å²) >= 11 is 5.94. The van der Waals surface area contributed by atoms with E-state index in [0.717, 1.165) is 5.56 Å². The summed E-state index contributed by atoms with van der Waals surface area (Å²) in [6.45, 7) is 6.29. The molecule has 1 aromatic carbocycles. The number of methoxy groups -OCH3 is 1. The van der Waals surface area contributed by atoms with E-state index in [2.05, 4.69) is 0 Å². The van der Waals surface area contributed by atoms with Crippen molar-refractivity contribution in [3.63, 3.8) is 0 Å². The molecule has 1 saturated heterocycles. The smallest absolute Gasteiger partial charge is 0.410 e. The molecule has 6 heteroatoms. The zero-order valence-corrected chi connectivity index (χ0v) is 15.3. The Morgan fingerprint density at radius 2 is 1.83 bits per heavy atom. The van der Waals surface area contributed by atoms with Gasteiger partial charge in [-0.25, -0.2) is 4.79 Å². The Hall–Kier alpha value is -1.75. The standard InChI is InChI=1S/C18H24ClNO4/c1-18(2,3)24-17(22)20-10-9-14(15(11-20)16(21)23-4)12-5-7-13(19)8-6-12/h5-8,14-15H,9-11H2,1-4H3/t14-,15+/m1/s1. The Bertz CT molecular complexity index is 594. The first-order valence-electron chi connectivity index (χ1n) is 8.02. The number of hydrogen-bond donors (Lipinski definition) is 0. The fraction of sp³-hybridized carbons (Fsp3) is 0.556. The van der Waals surface area contributed by atoms with Gasteiger partial charge in [-0.1, -0.05) is 23.7 Å². The van der Waals surface area contributed by atoms with Crippen molar-refractivity contribution in [2.24, 2.45) is 5.92 Å². The molecule has 24 heavy (non-hydrogen) atoms. The first-order valence-corrected chi connectivity index (χ1v) is 8.40. The van der Waals surface area contributed by atoms with Crippen LogP contribution in [0.4, 0.5) is 4.79 Å². The molecular formula is C18H24ClNO4. The Labute approximate surface area is 147 Å². The van der Waals surface area contributed by atoms with E-state index in [9.17, 15) is 9.59 Å². The van der Waals surface area contributed by atoms with Crippen molar-refractivity contribution in [3.05, 3.63) is 34.9 Å². The van der Waals surface area contributed by atoms with Crippen molar-refractivity contribution in [2.45, 2.75) is 38.7 Å². The molecule has 132 valence electrons. The van der Waals surface area contributed by atoms with Gasteiger partial charge in [-0.3, -0.25) is 4.79 Å². The zero-order valence-electron chi connectivity index (χ0n) is 14.5. The number of carbonyl (C=O) groups excluding carboxylic acids is 2. The van der Waals surface area contributed by atoms with Crippen LogP contribution in [0.1, 0.15) is 38.7 Å². The Morgan fingerprint density at radius 3 is 2.38 bits per heavy atom. The van der Waals surface area contributed by atoms with Crippen molar-refractivity contribution in [1.29, 1.82) is 0 Å². The molecule has 0 bridgehead atoms. The molecule has 0 spiro atoms. The molecule has 1 fully saturated rings. The predicted molar refractivity (Wildman–Crippen MR) is 92.1 cm³/mol. The number of hydrogen-bond acceptors (Lipinski definition) is 4. The minimum atomic E-state index is -0.565. The fourth-order valence-corrected chi connectivity index (χ4v) is 3.07. The predicted octanol–water partition coefficient (Wildman–Crippen LogP) is 3.85. The molecule has 0 radical (unpaired) electrons. The van der Waals surface area contributed by atoms with Crippen LogP contribution in [-0.4, -0.2) is 42.8 Å². The van der Waals surface area contributed by atoms with Crippen LogP contribution in [0.3, 0.4) is 0 Å². The van der Waals surface area contributed by atoms with Gasteiger partial charge in [0.25, 0.3) is 0 Å². The molecule has 1 amide bonds. The summed E-state index contributed by atoms with van der Waals surface area (Å²) in [5, 5.41) is 0.652. The summed E-state index contributed by atoms with van der Waals surface area (Å²) in [5.74, 6) is -0.742. The maximum atomic E-state index is 12.3. The number of halogens is 1. The second-order valence-electron chi connectivity index (χ2n) is 7.00. The first-order chi connectivity index (χ1) is 11.2. The highest BCUT2D eigenvalue weighted by Crippen LogP contribution is 2.35. The number of benzene rings is 1. The van der Waals surface area contributed by atoms with Gasteiger partial charge in [0.1, 0.15) is 5.60 Å². The van der Waals surface area contributed by atoms with E-state index in [-0.39, 0.29) is 18.4 Å². The third-order valence-electron chi connectivity index (χ3n) is 4.07. The summed E-state index contributed by atoms with van der Waals surface area (Å²) in [7, 11) is 1.37. The van der Waals surface area contributed by atoms with E-state index in [1.807, 2.05) is 45.0 Å². The Kier molecular flexibility index (Phi) is 5.75. The lowest BCUT2D eigenvalue weighted by atomic mass is 9.80. The van der Waals surface area contributed by atoms with E-state index in [4.69, 9.17) is 21.1 Å². The molecule has 0 saturated carbocycles. The topological polar surface area (TPSA) is 55.8 Å². The van der Waals surface area contributed by atoms with E-state index in [1.165, 1.54) is 7.11 Å². The lowest BCUT2D eigenvalue weighted by Gasteiger charge is -2.37. The highest BCUT2D eigenvalue weighted by atomic mass is 35.5. The summed E-state index contributed by atoms with van der Waals surface area (Å²) in [4.78, 5) is 26.1. The van der Waals surface area contributed by atoms with E-state index in [1.54, 1.807) is 4.90 Å². The van der Waals surface area contributed by atoms with E-state index in [0.29, 0.717) is 18.0 Å². The van der Waals surface area contributed by atoms with Gasteiger partial charge >= 0.3 is 12.1 Å². The quantitative estimate of drug-likeness (QED) is 0.758. The van der Waals surface area contributed by atoms with Crippen LogP contribution in [0.2, 0.25) is 5.02 Å². The van der Waals surface area contributed by atoms with Gasteiger partial charge in [-0.15, -0.1) is 0 Å². The number of likely N-dealkylation sites (tertiary alicyclic amines) is 1. The van der Waals surface area contributed by atoms with Gasteiger partial charge in [0.15, 0.2) is 0 Å². The van der Waals surface area contributed by atoms with Crippen molar-refractivity contribution in [1.82, 2.24) is 4.90 Å². The first kappa shape index (κ1) is 18.6. The average Bonchev–Trinajstić information content (AvgIpc) is 2.52. The lowest BCUT2D eigenvalue weighted by molar-refractivity contribution is -0.148. The number of ether oxygens (including phenoxy) is 2. The van der Waals surface area contributed by atoms with Crippen LogP contribution >= 0.6 is 11.6 Å². The fourth-order valence-electron chi connectivity index (χ4n) is 2.94. The van der Waals surface area contributed by atoms with Gasteiger partial charge in [0.2, 0.25) is 0 Å². The second-order valence-corrected chi connectivity index (χ2v) is 7.44. The van der Waals surface area contributed by atoms with Crippen molar-refractivity contribution < 1.29 is 19.1 Å². The van der Waals surface area contributed by atoms with Crippen LogP contribution in [0.15, 0.2) is 24.3 Å². The molecule has 1 aliphatic heterocycles. The van der Waals surface area contributed by atoms with Crippen LogP contribution in [0.25, 0.3) is 0 Å². The maximum Gasteiger partial charge on any atom is 0.410 e. The van der Waals surface area contributed by atoms with Gasteiger partial charge < -0.3 is 14.4 Å². The van der Waals surface area contributed by atoms with Crippen LogP contribution in [0, 0.1) is 5.92 Å². The molecule has 5 nitrogen and oxygen atoms in total. The molecule has 1 aliphatic rings. The molecule has 2 atom stereocenters.